The number of piperazine rings is 1. The van der Waals surface area contributed by atoms with E-state index in [-0.39, 0.29) is 11.8 Å². The highest BCUT2D eigenvalue weighted by Crippen LogP contribution is 2.28. The highest BCUT2D eigenvalue weighted by atomic mass is 16.5. The molecule has 0 aromatic heterocycles. The van der Waals surface area contributed by atoms with Crippen LogP contribution in [0.15, 0.2) is 60.7 Å². The Balaban J connectivity index is 1.20. The molecule has 3 aromatic rings. The van der Waals surface area contributed by atoms with Crippen molar-refractivity contribution in [3.05, 3.63) is 66.2 Å². The second-order valence-corrected chi connectivity index (χ2v) is 8.84. The van der Waals surface area contributed by atoms with E-state index in [4.69, 9.17) is 9.47 Å². The van der Waals surface area contributed by atoms with Gasteiger partial charge in [-0.15, -0.1) is 0 Å². The zero-order valence-electron chi connectivity index (χ0n) is 20.4. The van der Waals surface area contributed by atoms with Crippen molar-refractivity contribution in [2.45, 2.75) is 19.3 Å². The van der Waals surface area contributed by atoms with Gasteiger partial charge in [-0.2, -0.15) is 0 Å². The van der Waals surface area contributed by atoms with Crippen LogP contribution in [0.25, 0.3) is 10.8 Å². The summed E-state index contributed by atoms with van der Waals surface area (Å²) >= 11 is 0. The molecule has 4 rings (SSSR count). The minimum absolute atomic E-state index is 0.0776. The minimum atomic E-state index is -0.184. The molecule has 1 aliphatic rings. The van der Waals surface area contributed by atoms with Crippen molar-refractivity contribution in [3.8, 4) is 11.5 Å². The molecule has 1 atom stereocenters. The van der Waals surface area contributed by atoms with E-state index in [1.165, 1.54) is 5.69 Å². The minimum Gasteiger partial charge on any atom is -0.497 e. The first-order valence-electron chi connectivity index (χ1n) is 12.0. The molecule has 1 N–H and O–H groups in total. The summed E-state index contributed by atoms with van der Waals surface area (Å²) in [7, 11) is 3.39. The van der Waals surface area contributed by atoms with E-state index in [2.05, 4.69) is 39.4 Å². The molecule has 6 heteroatoms. The van der Waals surface area contributed by atoms with E-state index in [0.29, 0.717) is 6.54 Å². The molecule has 0 unspecified atom stereocenters. The number of rotatable bonds is 9. The average molecular weight is 462 g/mol. The zero-order chi connectivity index (χ0) is 23.9. The number of carbonyl (C=O) groups excluding carboxylic acids is 1. The number of fused-ring (bicyclic) bond motifs is 1. The third-order valence-corrected chi connectivity index (χ3v) is 6.71. The maximum absolute atomic E-state index is 12.7. The summed E-state index contributed by atoms with van der Waals surface area (Å²) in [4.78, 5) is 17.6. The molecule has 1 heterocycles. The Kier molecular flexibility index (Phi) is 7.91. The fourth-order valence-electron chi connectivity index (χ4n) is 4.56. The van der Waals surface area contributed by atoms with Crippen LogP contribution in [0.5, 0.6) is 11.5 Å². The van der Waals surface area contributed by atoms with E-state index in [1.54, 1.807) is 14.2 Å². The molecule has 0 bridgehead atoms. The van der Waals surface area contributed by atoms with Gasteiger partial charge in [-0.3, -0.25) is 9.69 Å². The monoisotopic (exact) mass is 461 g/mol. The van der Waals surface area contributed by atoms with Crippen molar-refractivity contribution in [2.24, 2.45) is 0 Å². The lowest BCUT2D eigenvalue weighted by molar-refractivity contribution is -0.122. The maximum atomic E-state index is 12.7. The number of anilines is 1. The lowest BCUT2D eigenvalue weighted by Gasteiger charge is -2.36. The summed E-state index contributed by atoms with van der Waals surface area (Å²) in [6.07, 6.45) is 0.949. The van der Waals surface area contributed by atoms with Gasteiger partial charge < -0.3 is 19.7 Å². The molecule has 1 aliphatic heterocycles. The van der Waals surface area contributed by atoms with Crippen LogP contribution in [-0.4, -0.2) is 64.3 Å². The lowest BCUT2D eigenvalue weighted by Crippen LogP contribution is -2.47. The fraction of sp³-hybridized carbons (Fsp3) is 0.393. The first-order valence-corrected chi connectivity index (χ1v) is 12.0. The molecule has 1 amide bonds. The van der Waals surface area contributed by atoms with Crippen molar-refractivity contribution in [1.29, 1.82) is 0 Å². The second kappa shape index (κ2) is 11.3. The smallest absolute Gasteiger partial charge is 0.227 e. The van der Waals surface area contributed by atoms with Crippen LogP contribution in [0.1, 0.15) is 24.8 Å². The van der Waals surface area contributed by atoms with Crippen molar-refractivity contribution in [1.82, 2.24) is 10.2 Å². The summed E-state index contributed by atoms with van der Waals surface area (Å²) in [6.45, 7) is 7.66. The number of benzene rings is 3. The molecule has 0 aliphatic carbocycles. The Morgan fingerprint density at radius 3 is 2.44 bits per heavy atom. The Morgan fingerprint density at radius 2 is 1.68 bits per heavy atom. The normalized spacial score (nSPS) is 15.2. The Labute approximate surface area is 202 Å². The van der Waals surface area contributed by atoms with Crippen molar-refractivity contribution in [3.63, 3.8) is 0 Å². The molecule has 0 radical (unpaired) electrons. The molecular weight excluding hydrogens is 426 g/mol. The van der Waals surface area contributed by atoms with Crippen LogP contribution in [0.2, 0.25) is 0 Å². The highest BCUT2D eigenvalue weighted by Gasteiger charge is 2.20. The Bertz CT molecular complexity index is 1110. The van der Waals surface area contributed by atoms with E-state index in [9.17, 15) is 4.79 Å². The van der Waals surface area contributed by atoms with Gasteiger partial charge in [-0.25, -0.2) is 0 Å². The molecule has 6 nitrogen and oxygen atoms in total. The number of carbonyl (C=O) groups is 1. The number of para-hydroxylation sites is 2. The molecule has 1 saturated heterocycles. The first-order chi connectivity index (χ1) is 16.6. The van der Waals surface area contributed by atoms with E-state index in [0.717, 1.165) is 67.0 Å². The largest absolute Gasteiger partial charge is 0.497 e. The zero-order valence-corrected chi connectivity index (χ0v) is 20.4. The van der Waals surface area contributed by atoms with Crippen molar-refractivity contribution in [2.75, 3.05) is 58.4 Å². The van der Waals surface area contributed by atoms with Crippen LogP contribution in [0.3, 0.4) is 0 Å². The molecule has 180 valence electrons. The van der Waals surface area contributed by atoms with E-state index >= 15 is 0 Å². The Morgan fingerprint density at radius 1 is 0.941 bits per heavy atom. The summed E-state index contributed by atoms with van der Waals surface area (Å²) in [5.74, 6) is 1.66. The quantitative estimate of drug-likeness (QED) is 0.482. The molecule has 0 saturated carbocycles. The van der Waals surface area contributed by atoms with Crippen LogP contribution in [0.4, 0.5) is 5.69 Å². The van der Waals surface area contributed by atoms with Crippen LogP contribution in [0, 0.1) is 0 Å². The van der Waals surface area contributed by atoms with Gasteiger partial charge in [-0.1, -0.05) is 36.4 Å². The lowest BCUT2D eigenvalue weighted by atomic mass is 9.97. The molecule has 34 heavy (non-hydrogen) atoms. The third-order valence-electron chi connectivity index (χ3n) is 6.71. The van der Waals surface area contributed by atoms with Crippen molar-refractivity contribution >= 4 is 22.4 Å². The number of hydrogen-bond acceptors (Lipinski definition) is 5. The second-order valence-electron chi connectivity index (χ2n) is 8.84. The Hall–Kier alpha value is -3.25. The standard InChI is InChI=1S/C28H35N3O3/c1-21(22-9-10-24-20-25(33-2)12-11-23(24)19-22)28(32)29-13-6-14-30-15-17-31(18-16-30)26-7-4-5-8-27(26)34-3/h4-5,7-12,19-21H,6,13-18H2,1-3H3,(H,29,32)/t21-/m0/s1. The topological polar surface area (TPSA) is 54.0 Å². The number of methoxy groups -OCH3 is 2. The first kappa shape index (κ1) is 23.9. The number of ether oxygens (including phenoxy) is 2. The predicted molar refractivity (Wildman–Crippen MR) is 138 cm³/mol. The van der Waals surface area contributed by atoms with Crippen molar-refractivity contribution < 1.29 is 14.3 Å². The van der Waals surface area contributed by atoms with Gasteiger partial charge in [0.15, 0.2) is 0 Å². The molecule has 0 spiro atoms. The van der Waals surface area contributed by atoms with Gasteiger partial charge in [0, 0.05) is 32.7 Å². The van der Waals surface area contributed by atoms with Gasteiger partial charge in [0.1, 0.15) is 11.5 Å². The fourth-order valence-corrected chi connectivity index (χ4v) is 4.56. The summed E-state index contributed by atoms with van der Waals surface area (Å²) in [5.41, 5.74) is 2.20. The summed E-state index contributed by atoms with van der Waals surface area (Å²) < 4.78 is 10.8. The molecule has 3 aromatic carbocycles. The van der Waals surface area contributed by atoms with E-state index < -0.39 is 0 Å². The van der Waals surface area contributed by atoms with Gasteiger partial charge in [0.2, 0.25) is 5.91 Å². The number of amides is 1. The van der Waals surface area contributed by atoms with Gasteiger partial charge >= 0.3 is 0 Å². The molecular formula is C28H35N3O3. The highest BCUT2D eigenvalue weighted by molar-refractivity contribution is 5.88. The number of nitrogens with one attached hydrogen (secondary N) is 1. The predicted octanol–water partition coefficient (Wildman–Crippen LogP) is 4.29. The van der Waals surface area contributed by atoms with Gasteiger partial charge in [0.05, 0.1) is 25.8 Å². The van der Waals surface area contributed by atoms with Gasteiger partial charge in [0.25, 0.3) is 0 Å². The number of nitrogens with zero attached hydrogens (tertiary/aromatic N) is 2. The van der Waals surface area contributed by atoms with Gasteiger partial charge in [-0.05, 0) is 60.5 Å². The number of hydrogen-bond donors (Lipinski definition) is 1. The summed E-state index contributed by atoms with van der Waals surface area (Å²) in [6, 6.07) is 20.4. The van der Waals surface area contributed by atoms with Crippen LogP contribution >= 0.6 is 0 Å². The summed E-state index contributed by atoms with van der Waals surface area (Å²) in [5, 5.41) is 5.35. The van der Waals surface area contributed by atoms with E-state index in [1.807, 2.05) is 43.3 Å². The maximum Gasteiger partial charge on any atom is 0.227 e. The van der Waals surface area contributed by atoms with Crippen LogP contribution < -0.4 is 19.7 Å². The SMILES string of the molecule is COc1ccc2cc([C@H](C)C(=O)NCCCN3CCN(c4ccccc4OC)CC3)ccc2c1. The third kappa shape index (κ3) is 5.62. The van der Waals surface area contributed by atoms with Crippen LogP contribution in [-0.2, 0) is 4.79 Å². The molecule has 1 fully saturated rings. The average Bonchev–Trinajstić information content (AvgIpc) is 2.90.